The van der Waals surface area contributed by atoms with Gasteiger partial charge in [-0.25, -0.2) is 0 Å². The fourth-order valence-electron chi connectivity index (χ4n) is 3.66. The van der Waals surface area contributed by atoms with Crippen molar-refractivity contribution in [2.45, 2.75) is 65.3 Å². The van der Waals surface area contributed by atoms with E-state index in [0.717, 1.165) is 0 Å². The molecule has 0 N–H and O–H groups in total. The molecular formula is C14H27Cl3Si. The minimum absolute atomic E-state index is 0.376. The minimum atomic E-state index is -2.60. The molecule has 0 aromatic heterocycles. The molecule has 108 valence electrons. The van der Waals surface area contributed by atoms with Crippen LogP contribution < -0.4 is 0 Å². The first-order valence-corrected chi connectivity index (χ1v) is 12.4. The van der Waals surface area contributed by atoms with E-state index in [1.807, 2.05) is 0 Å². The van der Waals surface area contributed by atoms with Crippen LogP contribution in [0.4, 0.5) is 0 Å². The molecule has 0 amide bonds. The second-order valence-electron chi connectivity index (χ2n) is 6.78. The molecule has 0 aliphatic heterocycles. The Hall–Kier alpha value is 1.09. The monoisotopic (exact) mass is 328 g/mol. The van der Waals surface area contributed by atoms with E-state index in [-0.39, 0.29) is 0 Å². The summed E-state index contributed by atoms with van der Waals surface area (Å²) >= 11 is 19.3. The summed E-state index contributed by atoms with van der Waals surface area (Å²) in [4.78, 5) is 0. The molecule has 1 saturated carbocycles. The van der Waals surface area contributed by atoms with Gasteiger partial charge in [-0.3, -0.25) is 0 Å². The molecule has 2 unspecified atom stereocenters. The molecule has 0 aromatic rings. The van der Waals surface area contributed by atoms with Crippen molar-refractivity contribution in [3.8, 4) is 0 Å². The van der Waals surface area contributed by atoms with E-state index in [1.165, 1.54) is 32.1 Å². The summed E-state index contributed by atoms with van der Waals surface area (Å²) in [6, 6.07) is -2.60. The van der Waals surface area contributed by atoms with E-state index in [1.54, 1.807) is 0 Å². The van der Waals surface area contributed by atoms with Gasteiger partial charge in [0.2, 0.25) is 0 Å². The van der Waals surface area contributed by atoms with Gasteiger partial charge in [0.1, 0.15) is 0 Å². The van der Waals surface area contributed by atoms with Gasteiger partial charge in [0.05, 0.1) is 0 Å². The molecule has 1 aliphatic rings. The molecule has 0 saturated heterocycles. The molecule has 0 bridgehead atoms. The Balaban J connectivity index is 2.83. The summed E-state index contributed by atoms with van der Waals surface area (Å²) in [5, 5.41) is 0. The van der Waals surface area contributed by atoms with Crippen LogP contribution in [0.25, 0.3) is 0 Å². The highest BCUT2D eigenvalue weighted by Gasteiger charge is 2.47. The van der Waals surface area contributed by atoms with E-state index in [2.05, 4.69) is 27.7 Å². The minimum Gasteiger partial charge on any atom is -0.126 e. The lowest BCUT2D eigenvalue weighted by atomic mass is 9.74. The van der Waals surface area contributed by atoms with Crippen molar-refractivity contribution in [3.63, 3.8) is 0 Å². The summed E-state index contributed by atoms with van der Waals surface area (Å²) in [6.07, 6.45) is 6.29. The van der Waals surface area contributed by atoms with Crippen LogP contribution >= 0.6 is 33.2 Å². The molecule has 2 atom stereocenters. The van der Waals surface area contributed by atoms with Crippen LogP contribution in [0, 0.1) is 23.7 Å². The van der Waals surface area contributed by atoms with Gasteiger partial charge in [-0.2, -0.15) is 0 Å². The first kappa shape index (κ1) is 17.1. The van der Waals surface area contributed by atoms with Crippen molar-refractivity contribution in [2.24, 2.45) is 23.7 Å². The number of rotatable bonds is 5. The maximum atomic E-state index is 6.44. The number of halogens is 3. The zero-order chi connectivity index (χ0) is 13.9. The zero-order valence-electron chi connectivity index (χ0n) is 12.1. The van der Waals surface area contributed by atoms with Gasteiger partial charge < -0.3 is 0 Å². The molecule has 18 heavy (non-hydrogen) atoms. The van der Waals surface area contributed by atoms with Crippen molar-refractivity contribution < 1.29 is 0 Å². The molecule has 1 fully saturated rings. The van der Waals surface area contributed by atoms with Crippen LogP contribution in [0.3, 0.4) is 0 Å². The fraction of sp³-hybridized carbons (Fsp3) is 1.00. The Bertz CT molecular complexity index is 230. The Morgan fingerprint density at radius 1 is 0.889 bits per heavy atom. The molecular weight excluding hydrogens is 303 g/mol. The standard InChI is InChI=1S/C14H27Cl3Si/c1-10(2)8-12-6-5-7-13(9-11(3)4)14(12)18(15,16)17/h10-14H,5-9H2,1-4H3. The maximum Gasteiger partial charge on any atom is 0.344 e. The van der Waals surface area contributed by atoms with Gasteiger partial charge in [-0.05, 0) is 36.5 Å². The lowest BCUT2D eigenvalue weighted by Crippen LogP contribution is -2.37. The van der Waals surface area contributed by atoms with Gasteiger partial charge in [0.25, 0.3) is 0 Å². The van der Waals surface area contributed by atoms with Crippen LogP contribution in [-0.2, 0) is 0 Å². The summed E-state index contributed by atoms with van der Waals surface area (Å²) in [5.41, 5.74) is 0.376. The maximum absolute atomic E-state index is 6.44. The number of hydrogen-bond donors (Lipinski definition) is 0. The normalized spacial score (nSPS) is 30.2. The largest absolute Gasteiger partial charge is 0.344 e. The van der Waals surface area contributed by atoms with Crippen molar-refractivity contribution >= 4 is 39.2 Å². The van der Waals surface area contributed by atoms with E-state index in [0.29, 0.717) is 29.2 Å². The molecule has 1 rings (SSSR count). The first-order chi connectivity index (χ1) is 8.21. The Morgan fingerprint density at radius 3 is 1.56 bits per heavy atom. The molecule has 0 nitrogen and oxygen atoms in total. The lowest BCUT2D eigenvalue weighted by Gasteiger charge is -2.42. The molecule has 0 spiro atoms. The van der Waals surface area contributed by atoms with E-state index < -0.39 is 6.00 Å². The lowest BCUT2D eigenvalue weighted by molar-refractivity contribution is 0.211. The summed E-state index contributed by atoms with van der Waals surface area (Å²) in [6.45, 7) is 9.12. The average molecular weight is 330 g/mol. The third kappa shape index (κ3) is 5.23. The Labute approximate surface area is 128 Å². The molecule has 0 radical (unpaired) electrons. The number of hydrogen-bond acceptors (Lipinski definition) is 0. The smallest absolute Gasteiger partial charge is 0.126 e. The van der Waals surface area contributed by atoms with Crippen molar-refractivity contribution in [2.75, 3.05) is 0 Å². The second kappa shape index (κ2) is 7.20. The van der Waals surface area contributed by atoms with Gasteiger partial charge in [0.15, 0.2) is 0 Å². The highest BCUT2D eigenvalue weighted by Crippen LogP contribution is 2.53. The quantitative estimate of drug-likeness (QED) is 0.398. The van der Waals surface area contributed by atoms with Crippen LogP contribution in [0.2, 0.25) is 5.54 Å². The fourth-order valence-corrected chi connectivity index (χ4v) is 8.54. The second-order valence-corrected chi connectivity index (χ2v) is 15.6. The first-order valence-electron chi connectivity index (χ1n) is 7.28. The highest BCUT2D eigenvalue weighted by atomic mass is 35.8. The van der Waals surface area contributed by atoms with Crippen molar-refractivity contribution in [1.29, 1.82) is 0 Å². The summed E-state index contributed by atoms with van der Waals surface area (Å²) in [7, 11) is 0. The molecule has 4 heteroatoms. The van der Waals surface area contributed by atoms with Gasteiger partial charge >= 0.3 is 6.00 Å². The predicted molar refractivity (Wildman–Crippen MR) is 86.8 cm³/mol. The van der Waals surface area contributed by atoms with E-state index in [4.69, 9.17) is 33.2 Å². The summed E-state index contributed by atoms with van der Waals surface area (Å²) in [5.74, 6) is 2.69. The van der Waals surface area contributed by atoms with Gasteiger partial charge in [0, 0.05) is 5.54 Å². The van der Waals surface area contributed by atoms with Gasteiger partial charge in [-0.15, -0.1) is 33.2 Å². The Kier molecular flexibility index (Phi) is 6.85. The third-order valence-corrected chi connectivity index (χ3v) is 8.06. The topological polar surface area (TPSA) is 0 Å². The SMILES string of the molecule is CC(C)CC1CCCC(CC(C)C)C1[Si](Cl)(Cl)Cl. The zero-order valence-corrected chi connectivity index (χ0v) is 15.3. The van der Waals surface area contributed by atoms with E-state index >= 15 is 0 Å². The average Bonchev–Trinajstić information content (AvgIpc) is 2.13. The van der Waals surface area contributed by atoms with Crippen LogP contribution in [0.15, 0.2) is 0 Å². The van der Waals surface area contributed by atoms with Crippen LogP contribution in [-0.4, -0.2) is 6.00 Å². The van der Waals surface area contributed by atoms with Crippen molar-refractivity contribution in [1.82, 2.24) is 0 Å². The van der Waals surface area contributed by atoms with Crippen LogP contribution in [0.5, 0.6) is 0 Å². The molecule has 0 heterocycles. The molecule has 0 aromatic carbocycles. The Morgan fingerprint density at radius 2 is 1.28 bits per heavy atom. The van der Waals surface area contributed by atoms with Gasteiger partial charge in [-0.1, -0.05) is 47.0 Å². The third-order valence-electron chi connectivity index (χ3n) is 4.09. The predicted octanol–water partition coefficient (Wildman–Crippen LogP) is 6.52. The van der Waals surface area contributed by atoms with Crippen molar-refractivity contribution in [3.05, 3.63) is 0 Å². The molecule has 1 aliphatic carbocycles. The van der Waals surface area contributed by atoms with Crippen LogP contribution in [0.1, 0.15) is 59.8 Å². The van der Waals surface area contributed by atoms with E-state index in [9.17, 15) is 0 Å². The highest BCUT2D eigenvalue weighted by molar-refractivity contribution is 7.65. The summed E-state index contributed by atoms with van der Waals surface area (Å²) < 4.78 is 0.